The zero-order valence-electron chi connectivity index (χ0n) is 6.84. The normalized spacial score (nSPS) is 10.8. The Labute approximate surface area is 89.2 Å². The minimum Gasteiger partial charge on any atom is -0.397 e. The lowest BCUT2D eigenvalue weighted by Crippen LogP contribution is -2.00. The number of nitrogens with two attached hydrogens (primary N) is 2. The highest BCUT2D eigenvalue weighted by Gasteiger charge is 2.29. The smallest absolute Gasteiger partial charge is 0.397 e. The van der Waals surface area contributed by atoms with Crippen molar-refractivity contribution in [2.75, 3.05) is 11.5 Å². The van der Waals surface area contributed by atoms with Gasteiger partial charge in [-0.2, -0.15) is 13.2 Å². The van der Waals surface area contributed by atoms with Crippen LogP contribution >= 0.6 is 24.2 Å². The number of hydrogen-bond donors (Lipinski definition) is 2. The van der Waals surface area contributed by atoms with Crippen LogP contribution in [-0.2, 0) is 0 Å². The predicted octanol–water partition coefficient (Wildman–Crippen LogP) is 2.88. The summed E-state index contributed by atoms with van der Waals surface area (Å²) in [6.45, 7) is 0. The van der Waals surface area contributed by atoms with Crippen molar-refractivity contribution in [3.63, 3.8) is 0 Å². The van der Waals surface area contributed by atoms with Gasteiger partial charge in [-0.25, -0.2) is 0 Å². The van der Waals surface area contributed by atoms with Crippen molar-refractivity contribution in [3.05, 3.63) is 18.2 Å². The van der Waals surface area contributed by atoms with E-state index in [-0.39, 0.29) is 40.4 Å². The van der Waals surface area contributed by atoms with E-state index in [1.54, 1.807) is 0 Å². The molecule has 0 aliphatic heterocycles. The first-order valence-electron chi connectivity index (χ1n) is 3.29. The van der Waals surface area contributed by atoms with Gasteiger partial charge in [-0.3, -0.25) is 0 Å². The molecular weight excluding hydrogens is 237 g/mol. The molecule has 0 saturated carbocycles. The Morgan fingerprint density at radius 3 is 2.07 bits per heavy atom. The fourth-order valence-corrected chi connectivity index (χ4v) is 1.34. The fraction of sp³-hybridized carbons (Fsp3) is 0.143. The van der Waals surface area contributed by atoms with Crippen LogP contribution in [0, 0.1) is 0 Å². The van der Waals surface area contributed by atoms with Gasteiger partial charge in [-0.1, -0.05) is 0 Å². The van der Waals surface area contributed by atoms with Crippen LogP contribution in [0.25, 0.3) is 0 Å². The molecular formula is C7H8ClF3N2S. The second kappa shape index (κ2) is 4.65. The van der Waals surface area contributed by atoms with Crippen molar-refractivity contribution < 1.29 is 13.2 Å². The molecule has 0 bridgehead atoms. The Kier molecular flexibility index (Phi) is 4.41. The number of benzene rings is 1. The van der Waals surface area contributed by atoms with E-state index in [4.69, 9.17) is 11.5 Å². The molecule has 0 unspecified atom stereocenters. The number of thioether (sulfide) groups is 1. The maximum Gasteiger partial charge on any atom is 0.446 e. The molecule has 14 heavy (non-hydrogen) atoms. The second-order valence-corrected chi connectivity index (χ2v) is 3.48. The SMILES string of the molecule is Cl.Nc1ccc(SC(F)(F)F)cc1N. The van der Waals surface area contributed by atoms with Crippen molar-refractivity contribution in [2.45, 2.75) is 10.4 Å². The van der Waals surface area contributed by atoms with E-state index >= 15 is 0 Å². The topological polar surface area (TPSA) is 52.0 Å². The summed E-state index contributed by atoms with van der Waals surface area (Å²) >= 11 is -0.212. The molecule has 0 atom stereocenters. The summed E-state index contributed by atoms with van der Waals surface area (Å²) in [5.41, 5.74) is 6.83. The van der Waals surface area contributed by atoms with E-state index in [2.05, 4.69) is 0 Å². The minimum atomic E-state index is -4.29. The van der Waals surface area contributed by atoms with Crippen LogP contribution in [0.15, 0.2) is 23.1 Å². The van der Waals surface area contributed by atoms with Gasteiger partial charge < -0.3 is 11.5 Å². The molecule has 80 valence electrons. The van der Waals surface area contributed by atoms with E-state index in [9.17, 15) is 13.2 Å². The predicted molar refractivity (Wildman–Crippen MR) is 54.4 cm³/mol. The van der Waals surface area contributed by atoms with Gasteiger partial charge in [0.05, 0.1) is 11.4 Å². The quantitative estimate of drug-likeness (QED) is 0.590. The zero-order valence-corrected chi connectivity index (χ0v) is 8.47. The molecule has 4 N–H and O–H groups in total. The van der Waals surface area contributed by atoms with Gasteiger partial charge in [0, 0.05) is 4.90 Å². The highest BCUT2D eigenvalue weighted by molar-refractivity contribution is 8.00. The van der Waals surface area contributed by atoms with Crippen LogP contribution in [0.3, 0.4) is 0 Å². The van der Waals surface area contributed by atoms with Crippen LogP contribution in [0.2, 0.25) is 0 Å². The summed E-state index contributed by atoms with van der Waals surface area (Å²) in [5.74, 6) is 0. The number of anilines is 2. The Hall–Kier alpha value is -0.750. The third-order valence-corrected chi connectivity index (χ3v) is 2.01. The first-order valence-corrected chi connectivity index (χ1v) is 4.11. The molecule has 0 amide bonds. The highest BCUT2D eigenvalue weighted by atomic mass is 35.5. The van der Waals surface area contributed by atoms with Crippen LogP contribution in [0.5, 0.6) is 0 Å². The minimum absolute atomic E-state index is 0. The molecule has 1 aromatic carbocycles. The van der Waals surface area contributed by atoms with Gasteiger partial charge in [0.15, 0.2) is 0 Å². The van der Waals surface area contributed by atoms with Gasteiger partial charge >= 0.3 is 5.51 Å². The maximum absolute atomic E-state index is 11.9. The van der Waals surface area contributed by atoms with E-state index in [0.717, 1.165) is 0 Å². The number of hydrogen-bond acceptors (Lipinski definition) is 3. The first-order chi connectivity index (χ1) is 5.88. The monoisotopic (exact) mass is 244 g/mol. The summed E-state index contributed by atoms with van der Waals surface area (Å²) in [4.78, 5) is 0.0409. The number of rotatable bonds is 1. The summed E-state index contributed by atoms with van der Waals surface area (Å²) in [5, 5.41) is 0. The van der Waals surface area contributed by atoms with Crippen LogP contribution in [-0.4, -0.2) is 5.51 Å². The van der Waals surface area contributed by atoms with Gasteiger partial charge in [-0.15, -0.1) is 12.4 Å². The second-order valence-electron chi connectivity index (χ2n) is 2.34. The Bertz CT molecular complexity index is 316. The molecule has 0 aliphatic carbocycles. The van der Waals surface area contributed by atoms with Crippen molar-refractivity contribution >= 4 is 35.5 Å². The summed E-state index contributed by atoms with van der Waals surface area (Å²) < 4.78 is 35.6. The molecule has 0 spiro atoms. The van der Waals surface area contributed by atoms with Crippen LogP contribution in [0.4, 0.5) is 24.5 Å². The molecule has 1 aromatic rings. The maximum atomic E-state index is 11.9. The largest absolute Gasteiger partial charge is 0.446 e. The van der Waals surface area contributed by atoms with Crippen LogP contribution < -0.4 is 11.5 Å². The fourth-order valence-electron chi connectivity index (χ4n) is 0.750. The molecule has 7 heteroatoms. The molecule has 1 rings (SSSR count). The Morgan fingerprint density at radius 2 is 1.64 bits per heavy atom. The van der Waals surface area contributed by atoms with Gasteiger partial charge in [-0.05, 0) is 30.0 Å². The van der Waals surface area contributed by atoms with Crippen molar-refractivity contribution in [1.82, 2.24) is 0 Å². The summed E-state index contributed by atoms with van der Waals surface area (Å²) in [6, 6.07) is 3.83. The standard InChI is InChI=1S/C7H7F3N2S.ClH/c8-7(9,10)13-4-1-2-5(11)6(12)3-4;/h1-3H,11-12H2;1H. The lowest BCUT2D eigenvalue weighted by atomic mass is 10.3. The number of nitrogen functional groups attached to an aromatic ring is 2. The first kappa shape index (κ1) is 13.2. The summed E-state index contributed by atoms with van der Waals surface area (Å²) in [7, 11) is 0. The van der Waals surface area contributed by atoms with Crippen molar-refractivity contribution in [3.8, 4) is 0 Å². The zero-order chi connectivity index (χ0) is 10.1. The van der Waals surface area contributed by atoms with Crippen LogP contribution in [0.1, 0.15) is 0 Å². The summed E-state index contributed by atoms with van der Waals surface area (Å²) in [6.07, 6.45) is 0. The molecule has 0 aliphatic rings. The molecule has 0 aromatic heterocycles. The third kappa shape index (κ3) is 3.97. The third-order valence-electron chi connectivity index (χ3n) is 1.29. The van der Waals surface area contributed by atoms with Gasteiger partial charge in [0.1, 0.15) is 0 Å². The lowest BCUT2D eigenvalue weighted by molar-refractivity contribution is -0.0328. The van der Waals surface area contributed by atoms with Crippen molar-refractivity contribution in [1.29, 1.82) is 0 Å². The average Bonchev–Trinajstić information content (AvgIpc) is 1.94. The number of halogens is 4. The molecule has 0 fully saturated rings. The average molecular weight is 245 g/mol. The Balaban J connectivity index is 0.00000169. The Morgan fingerprint density at radius 1 is 1.07 bits per heavy atom. The number of alkyl halides is 3. The van der Waals surface area contributed by atoms with Crippen molar-refractivity contribution in [2.24, 2.45) is 0 Å². The van der Waals surface area contributed by atoms with Gasteiger partial charge in [0.2, 0.25) is 0 Å². The van der Waals surface area contributed by atoms with E-state index < -0.39 is 5.51 Å². The lowest BCUT2D eigenvalue weighted by Gasteiger charge is -2.06. The van der Waals surface area contributed by atoms with E-state index in [1.807, 2.05) is 0 Å². The molecule has 2 nitrogen and oxygen atoms in total. The molecule has 0 heterocycles. The van der Waals surface area contributed by atoms with E-state index in [1.165, 1.54) is 18.2 Å². The van der Waals surface area contributed by atoms with E-state index in [0.29, 0.717) is 0 Å². The van der Waals surface area contributed by atoms with Gasteiger partial charge in [0.25, 0.3) is 0 Å². The molecule has 0 radical (unpaired) electrons. The highest BCUT2D eigenvalue weighted by Crippen LogP contribution is 2.38. The molecule has 0 saturated heterocycles.